The second kappa shape index (κ2) is 5.95. The van der Waals surface area contributed by atoms with E-state index in [1.807, 2.05) is 29.1 Å². The number of aromatic nitrogens is 3. The zero-order valence-corrected chi connectivity index (χ0v) is 12.0. The Morgan fingerprint density at radius 2 is 2.29 bits per heavy atom. The third-order valence-corrected chi connectivity index (χ3v) is 3.40. The predicted molar refractivity (Wildman–Crippen MR) is 78.0 cm³/mol. The molecule has 6 heteroatoms. The number of anilines is 1. The molecule has 1 aromatic heterocycles. The van der Waals surface area contributed by atoms with Crippen molar-refractivity contribution in [2.24, 2.45) is 0 Å². The number of nitrogens with zero attached hydrogens (tertiary/aromatic N) is 3. The van der Waals surface area contributed by atoms with Crippen LogP contribution < -0.4 is 10.1 Å². The molecule has 2 heterocycles. The van der Waals surface area contributed by atoms with Gasteiger partial charge in [-0.1, -0.05) is 12.1 Å². The van der Waals surface area contributed by atoms with Crippen molar-refractivity contribution in [1.82, 2.24) is 15.0 Å². The highest BCUT2D eigenvalue weighted by atomic mass is 16.5. The van der Waals surface area contributed by atoms with Gasteiger partial charge in [0.25, 0.3) is 0 Å². The minimum Gasteiger partial charge on any atom is -0.487 e. The largest absolute Gasteiger partial charge is 0.487 e. The van der Waals surface area contributed by atoms with Gasteiger partial charge in [-0.25, -0.2) is 0 Å². The Balaban J connectivity index is 1.63. The molecular formula is C15H18N4O2. The van der Waals surface area contributed by atoms with Crippen molar-refractivity contribution >= 4 is 11.6 Å². The van der Waals surface area contributed by atoms with Crippen LogP contribution in [-0.4, -0.2) is 20.9 Å². The fourth-order valence-electron chi connectivity index (χ4n) is 2.35. The van der Waals surface area contributed by atoms with Gasteiger partial charge in [0.2, 0.25) is 5.91 Å². The van der Waals surface area contributed by atoms with E-state index in [0.717, 1.165) is 42.1 Å². The lowest BCUT2D eigenvalue weighted by atomic mass is 10.0. The van der Waals surface area contributed by atoms with Gasteiger partial charge in [-0.2, -0.15) is 0 Å². The fraction of sp³-hybridized carbons (Fsp3) is 0.400. The number of hydrogen-bond donors (Lipinski definition) is 1. The molecule has 1 aromatic carbocycles. The van der Waals surface area contributed by atoms with E-state index in [4.69, 9.17) is 4.74 Å². The first kappa shape index (κ1) is 13.6. The Hall–Kier alpha value is -2.37. The first-order valence-corrected chi connectivity index (χ1v) is 7.19. The predicted octanol–water partition coefficient (Wildman–Crippen LogP) is 2.15. The van der Waals surface area contributed by atoms with E-state index in [1.54, 1.807) is 0 Å². The summed E-state index contributed by atoms with van der Waals surface area (Å²) in [5.41, 5.74) is 2.81. The van der Waals surface area contributed by atoms with E-state index < -0.39 is 0 Å². The van der Waals surface area contributed by atoms with Crippen LogP contribution >= 0.6 is 0 Å². The number of rotatable bonds is 5. The topological polar surface area (TPSA) is 69.0 Å². The number of hydrogen-bond acceptors (Lipinski definition) is 4. The van der Waals surface area contributed by atoms with Gasteiger partial charge in [0, 0.05) is 18.7 Å². The summed E-state index contributed by atoms with van der Waals surface area (Å²) in [5.74, 6) is 0.860. The molecule has 0 bridgehead atoms. The molecule has 0 unspecified atom stereocenters. The van der Waals surface area contributed by atoms with E-state index in [-0.39, 0.29) is 5.91 Å². The van der Waals surface area contributed by atoms with E-state index in [2.05, 4.69) is 22.6 Å². The molecule has 0 atom stereocenters. The third kappa shape index (κ3) is 3.21. The number of carbonyl (C=O) groups excluding carboxylic acids is 1. The Morgan fingerprint density at radius 1 is 1.38 bits per heavy atom. The summed E-state index contributed by atoms with van der Waals surface area (Å²) in [6.45, 7) is 3.37. The maximum atomic E-state index is 11.3. The molecule has 110 valence electrons. The second-order valence-electron chi connectivity index (χ2n) is 5.13. The molecule has 1 aliphatic rings. The molecule has 2 aromatic rings. The van der Waals surface area contributed by atoms with E-state index in [0.29, 0.717) is 13.0 Å². The zero-order chi connectivity index (χ0) is 14.7. The maximum Gasteiger partial charge on any atom is 0.224 e. The van der Waals surface area contributed by atoms with Crippen LogP contribution in [0, 0.1) is 0 Å². The Kier molecular flexibility index (Phi) is 3.85. The van der Waals surface area contributed by atoms with E-state index in [9.17, 15) is 4.79 Å². The summed E-state index contributed by atoms with van der Waals surface area (Å²) >= 11 is 0. The number of aryl methyl sites for hydroxylation is 2. The fourth-order valence-corrected chi connectivity index (χ4v) is 2.35. The van der Waals surface area contributed by atoms with Crippen molar-refractivity contribution in [3.05, 3.63) is 35.7 Å². The zero-order valence-electron chi connectivity index (χ0n) is 12.0. The molecule has 0 saturated heterocycles. The average molecular weight is 286 g/mol. The highest BCUT2D eigenvalue weighted by Crippen LogP contribution is 2.27. The summed E-state index contributed by atoms with van der Waals surface area (Å²) in [5, 5.41) is 11.0. The van der Waals surface area contributed by atoms with Gasteiger partial charge < -0.3 is 10.1 Å². The van der Waals surface area contributed by atoms with Crippen molar-refractivity contribution < 1.29 is 9.53 Å². The Bertz CT molecular complexity index is 651. The number of fused-ring (bicyclic) bond motifs is 1. The van der Waals surface area contributed by atoms with Gasteiger partial charge in [0.15, 0.2) is 0 Å². The quantitative estimate of drug-likeness (QED) is 0.914. The van der Waals surface area contributed by atoms with Crippen LogP contribution in [0.15, 0.2) is 24.4 Å². The minimum absolute atomic E-state index is 0.0729. The molecule has 21 heavy (non-hydrogen) atoms. The molecule has 0 fully saturated rings. The molecule has 0 aliphatic carbocycles. The van der Waals surface area contributed by atoms with Crippen LogP contribution in [0.1, 0.15) is 31.0 Å². The molecule has 6 nitrogen and oxygen atoms in total. The monoisotopic (exact) mass is 286 g/mol. The van der Waals surface area contributed by atoms with Gasteiger partial charge in [0.05, 0.1) is 6.20 Å². The van der Waals surface area contributed by atoms with E-state index >= 15 is 0 Å². The summed E-state index contributed by atoms with van der Waals surface area (Å²) in [6.07, 6.45) is 4.22. The highest BCUT2D eigenvalue weighted by molar-refractivity contribution is 5.93. The van der Waals surface area contributed by atoms with Crippen molar-refractivity contribution in [2.45, 2.75) is 39.3 Å². The first-order chi connectivity index (χ1) is 10.2. The lowest BCUT2D eigenvalue weighted by Gasteiger charge is -2.17. The van der Waals surface area contributed by atoms with Crippen LogP contribution in [0.25, 0.3) is 0 Å². The molecule has 0 spiro atoms. The summed E-state index contributed by atoms with van der Waals surface area (Å²) < 4.78 is 7.57. The molecule has 3 rings (SSSR count). The van der Waals surface area contributed by atoms with Crippen molar-refractivity contribution in [3.8, 4) is 5.75 Å². The van der Waals surface area contributed by atoms with Crippen LogP contribution in [-0.2, 0) is 24.4 Å². The first-order valence-electron chi connectivity index (χ1n) is 7.19. The lowest BCUT2D eigenvalue weighted by Crippen LogP contribution is -2.18. The number of benzene rings is 1. The van der Waals surface area contributed by atoms with Gasteiger partial charge in [0.1, 0.15) is 18.1 Å². The molecule has 0 saturated carbocycles. The SMILES string of the molecule is CCCn1cc(COc2ccc3c(c2)CCC(=O)N3)nn1. The lowest BCUT2D eigenvalue weighted by molar-refractivity contribution is -0.116. The Labute approximate surface area is 123 Å². The standard InChI is InChI=1S/C15H18N4O2/c1-2-7-19-9-12(17-18-19)10-21-13-4-5-14-11(8-13)3-6-15(20)16-14/h4-5,8-9H,2-3,6-7,10H2,1H3,(H,16,20). The van der Waals surface area contributed by atoms with Crippen LogP contribution in [0.2, 0.25) is 0 Å². The second-order valence-corrected chi connectivity index (χ2v) is 5.13. The van der Waals surface area contributed by atoms with Crippen LogP contribution in [0.3, 0.4) is 0 Å². The van der Waals surface area contributed by atoms with Gasteiger partial charge in [-0.15, -0.1) is 5.10 Å². The van der Waals surface area contributed by atoms with Crippen LogP contribution in [0.4, 0.5) is 5.69 Å². The van der Waals surface area contributed by atoms with Gasteiger partial charge in [-0.05, 0) is 36.6 Å². The average Bonchev–Trinajstić information content (AvgIpc) is 2.93. The summed E-state index contributed by atoms with van der Waals surface area (Å²) in [7, 11) is 0. The summed E-state index contributed by atoms with van der Waals surface area (Å²) in [4.78, 5) is 11.3. The summed E-state index contributed by atoms with van der Waals surface area (Å²) in [6, 6.07) is 5.72. The Morgan fingerprint density at radius 3 is 3.14 bits per heavy atom. The molecule has 0 radical (unpaired) electrons. The van der Waals surface area contributed by atoms with Crippen molar-refractivity contribution in [1.29, 1.82) is 0 Å². The van der Waals surface area contributed by atoms with Crippen molar-refractivity contribution in [3.63, 3.8) is 0 Å². The molecule has 1 aliphatic heterocycles. The number of nitrogens with one attached hydrogen (secondary N) is 1. The number of carbonyl (C=O) groups is 1. The highest BCUT2D eigenvalue weighted by Gasteiger charge is 2.15. The molecule has 1 amide bonds. The smallest absolute Gasteiger partial charge is 0.224 e. The number of amides is 1. The van der Waals surface area contributed by atoms with Gasteiger partial charge in [-0.3, -0.25) is 9.48 Å². The third-order valence-electron chi connectivity index (χ3n) is 3.40. The maximum absolute atomic E-state index is 11.3. The molecule has 1 N–H and O–H groups in total. The number of ether oxygens (including phenoxy) is 1. The van der Waals surface area contributed by atoms with Crippen LogP contribution in [0.5, 0.6) is 5.75 Å². The molecular weight excluding hydrogens is 268 g/mol. The minimum atomic E-state index is 0.0729. The normalized spacial score (nSPS) is 13.7. The van der Waals surface area contributed by atoms with Crippen molar-refractivity contribution in [2.75, 3.05) is 5.32 Å². The van der Waals surface area contributed by atoms with Gasteiger partial charge >= 0.3 is 0 Å². The van der Waals surface area contributed by atoms with E-state index in [1.165, 1.54) is 0 Å².